The van der Waals surface area contributed by atoms with Crippen LogP contribution < -0.4 is 4.74 Å². The van der Waals surface area contributed by atoms with Crippen molar-refractivity contribution >= 4 is 27.1 Å². The zero-order chi connectivity index (χ0) is 17.2. The summed E-state index contributed by atoms with van der Waals surface area (Å²) in [5.41, 5.74) is 0.515. The zero-order valence-corrected chi connectivity index (χ0v) is 15.0. The molecule has 128 valence electrons. The topological polar surface area (TPSA) is 63.7 Å². The summed E-state index contributed by atoms with van der Waals surface area (Å²) in [4.78, 5) is 15.2. The summed E-state index contributed by atoms with van der Waals surface area (Å²) in [6.07, 6.45) is 0.429. The Kier molecular flexibility index (Phi) is 4.91. The summed E-state index contributed by atoms with van der Waals surface area (Å²) in [7, 11) is -1.70. The van der Waals surface area contributed by atoms with Gasteiger partial charge in [0.15, 0.2) is 9.84 Å². The van der Waals surface area contributed by atoms with Gasteiger partial charge in [-0.15, -0.1) is 11.3 Å². The van der Waals surface area contributed by atoms with Crippen molar-refractivity contribution in [3.8, 4) is 5.75 Å². The van der Waals surface area contributed by atoms with Crippen molar-refractivity contribution in [3.05, 3.63) is 52.2 Å². The van der Waals surface area contributed by atoms with E-state index >= 15 is 0 Å². The van der Waals surface area contributed by atoms with Crippen LogP contribution in [-0.2, 0) is 9.84 Å². The van der Waals surface area contributed by atoms with Gasteiger partial charge < -0.3 is 9.64 Å². The van der Waals surface area contributed by atoms with E-state index in [1.54, 1.807) is 36.3 Å². The highest BCUT2D eigenvalue weighted by atomic mass is 32.2. The second kappa shape index (κ2) is 6.94. The van der Waals surface area contributed by atoms with Crippen molar-refractivity contribution in [1.82, 2.24) is 4.90 Å². The second-order valence-corrected chi connectivity index (χ2v) is 8.97. The summed E-state index contributed by atoms with van der Waals surface area (Å²) in [6.45, 7) is 0.651. The van der Waals surface area contributed by atoms with Crippen LogP contribution in [0.1, 0.15) is 26.9 Å². The van der Waals surface area contributed by atoms with Crippen molar-refractivity contribution in [2.24, 2.45) is 0 Å². The third kappa shape index (κ3) is 3.47. The van der Waals surface area contributed by atoms with E-state index in [9.17, 15) is 13.2 Å². The number of carbonyl (C=O) groups is 1. The van der Waals surface area contributed by atoms with Crippen LogP contribution in [-0.4, -0.2) is 45.2 Å². The number of hydrogen-bond donors (Lipinski definition) is 0. The van der Waals surface area contributed by atoms with Crippen LogP contribution in [0.3, 0.4) is 0 Å². The van der Waals surface area contributed by atoms with Crippen molar-refractivity contribution in [3.63, 3.8) is 0 Å². The summed E-state index contributed by atoms with van der Waals surface area (Å²) in [6, 6.07) is 10.6. The predicted octanol–water partition coefficient (Wildman–Crippen LogP) is 2.76. The van der Waals surface area contributed by atoms with Crippen LogP contribution in [0.4, 0.5) is 0 Å². The number of hydrogen-bond acceptors (Lipinski definition) is 5. The number of ether oxygens (including phenoxy) is 1. The highest BCUT2D eigenvalue weighted by Gasteiger charge is 2.33. The van der Waals surface area contributed by atoms with Gasteiger partial charge in [0, 0.05) is 23.5 Å². The van der Waals surface area contributed by atoms with E-state index in [2.05, 4.69) is 0 Å². The van der Waals surface area contributed by atoms with E-state index in [-0.39, 0.29) is 18.2 Å². The molecule has 1 amide bonds. The van der Waals surface area contributed by atoms with Crippen LogP contribution in [0.25, 0.3) is 0 Å². The van der Waals surface area contributed by atoms with Gasteiger partial charge in [0.05, 0.1) is 18.1 Å². The van der Waals surface area contributed by atoms with Gasteiger partial charge in [0.2, 0.25) is 0 Å². The van der Waals surface area contributed by atoms with Gasteiger partial charge in [-0.25, -0.2) is 8.42 Å². The van der Waals surface area contributed by atoms with Gasteiger partial charge in [-0.3, -0.25) is 4.79 Å². The van der Waals surface area contributed by atoms with E-state index < -0.39 is 15.1 Å². The molecule has 1 atom stereocenters. The smallest absolute Gasteiger partial charge is 0.254 e. The van der Waals surface area contributed by atoms with E-state index in [1.165, 1.54) is 11.3 Å². The first-order valence-electron chi connectivity index (χ1n) is 7.69. The largest absolute Gasteiger partial charge is 0.497 e. The Morgan fingerprint density at radius 2 is 2.08 bits per heavy atom. The van der Waals surface area contributed by atoms with E-state index in [1.807, 2.05) is 17.5 Å². The van der Waals surface area contributed by atoms with Crippen LogP contribution in [0.15, 0.2) is 41.8 Å². The lowest BCUT2D eigenvalue weighted by Crippen LogP contribution is -2.33. The average molecular weight is 365 g/mol. The highest BCUT2D eigenvalue weighted by molar-refractivity contribution is 7.91. The van der Waals surface area contributed by atoms with Gasteiger partial charge in [-0.05, 0) is 36.1 Å². The molecular weight excluding hydrogens is 346 g/mol. The fraction of sp³-hybridized carbons (Fsp3) is 0.353. The quantitative estimate of drug-likeness (QED) is 0.839. The first kappa shape index (κ1) is 17.0. The normalized spacial score (nSPS) is 20.4. The van der Waals surface area contributed by atoms with Crippen LogP contribution in [0, 0.1) is 0 Å². The maximum Gasteiger partial charge on any atom is 0.254 e. The number of amides is 1. The highest BCUT2D eigenvalue weighted by Crippen LogP contribution is 2.32. The Bertz CT molecular complexity index is 815. The summed E-state index contributed by atoms with van der Waals surface area (Å²) >= 11 is 1.45. The van der Waals surface area contributed by atoms with Gasteiger partial charge >= 0.3 is 0 Å². The van der Waals surface area contributed by atoms with E-state index in [0.29, 0.717) is 24.3 Å². The molecule has 2 aromatic rings. The van der Waals surface area contributed by atoms with Crippen LogP contribution in [0.2, 0.25) is 0 Å². The molecule has 0 spiro atoms. The molecule has 1 aliphatic heterocycles. The summed E-state index contributed by atoms with van der Waals surface area (Å²) < 4.78 is 30.3. The van der Waals surface area contributed by atoms with Gasteiger partial charge in [-0.1, -0.05) is 12.1 Å². The number of thiophene rings is 1. The van der Waals surface area contributed by atoms with Crippen molar-refractivity contribution < 1.29 is 17.9 Å². The lowest BCUT2D eigenvalue weighted by Gasteiger charge is -2.20. The average Bonchev–Trinajstić information content (AvgIpc) is 3.06. The van der Waals surface area contributed by atoms with E-state index in [4.69, 9.17) is 4.74 Å². The third-order valence-corrected chi connectivity index (χ3v) is 7.45. The fourth-order valence-electron chi connectivity index (χ4n) is 2.88. The Balaban J connectivity index is 1.80. The molecule has 7 heteroatoms. The van der Waals surface area contributed by atoms with Crippen LogP contribution >= 0.6 is 11.3 Å². The fourth-order valence-corrected chi connectivity index (χ4v) is 5.88. The number of sulfone groups is 1. The number of benzene rings is 1. The minimum atomic E-state index is -3.25. The number of carbonyl (C=O) groups excluding carboxylic acids is 1. The minimum Gasteiger partial charge on any atom is -0.497 e. The molecule has 24 heavy (non-hydrogen) atoms. The molecular formula is C17H19NO4S2. The first-order chi connectivity index (χ1) is 11.5. The van der Waals surface area contributed by atoms with Crippen LogP contribution in [0.5, 0.6) is 5.75 Å². The molecule has 1 unspecified atom stereocenters. The molecule has 5 nitrogen and oxygen atoms in total. The number of methoxy groups -OCH3 is 1. The summed E-state index contributed by atoms with van der Waals surface area (Å²) in [5, 5.41) is 1.37. The standard InChI is InChI=1S/C17H19NO4S2/c1-22-14-5-2-4-13(12-14)17(19)18-8-7-16(15-6-3-10-23-15)24(20,21)11-9-18/h2-6,10,12,16H,7-9,11H2,1H3. The van der Waals surface area contributed by atoms with Crippen molar-refractivity contribution in [2.45, 2.75) is 11.7 Å². The lowest BCUT2D eigenvalue weighted by atomic mass is 10.1. The Labute approximate surface area is 145 Å². The predicted molar refractivity (Wildman–Crippen MR) is 94.4 cm³/mol. The molecule has 3 rings (SSSR count). The molecule has 0 saturated carbocycles. The maximum absolute atomic E-state index is 12.7. The van der Waals surface area contributed by atoms with Gasteiger partial charge in [-0.2, -0.15) is 0 Å². The molecule has 0 bridgehead atoms. The number of rotatable bonds is 3. The van der Waals surface area contributed by atoms with Gasteiger partial charge in [0.25, 0.3) is 5.91 Å². The summed E-state index contributed by atoms with van der Waals surface area (Å²) in [5.74, 6) is 0.446. The Hall–Kier alpha value is -1.86. The molecule has 1 aliphatic rings. The molecule has 0 aliphatic carbocycles. The minimum absolute atomic E-state index is 0.00866. The molecule has 1 fully saturated rings. The zero-order valence-electron chi connectivity index (χ0n) is 13.3. The Morgan fingerprint density at radius 1 is 1.25 bits per heavy atom. The third-order valence-electron chi connectivity index (χ3n) is 4.20. The van der Waals surface area contributed by atoms with Crippen molar-refractivity contribution in [2.75, 3.05) is 26.0 Å². The molecule has 0 N–H and O–H groups in total. The SMILES string of the molecule is COc1cccc(C(=O)N2CCC(c3cccs3)S(=O)(=O)CC2)c1. The van der Waals surface area contributed by atoms with E-state index in [0.717, 1.165) is 4.88 Å². The van der Waals surface area contributed by atoms with Crippen molar-refractivity contribution in [1.29, 1.82) is 0 Å². The molecule has 1 aromatic carbocycles. The van der Waals surface area contributed by atoms with Gasteiger partial charge in [0.1, 0.15) is 5.75 Å². The molecule has 1 saturated heterocycles. The molecule has 0 radical (unpaired) electrons. The molecule has 1 aromatic heterocycles. The maximum atomic E-state index is 12.7. The number of nitrogens with zero attached hydrogens (tertiary/aromatic N) is 1. The monoisotopic (exact) mass is 365 g/mol. The Morgan fingerprint density at radius 3 is 2.79 bits per heavy atom. The molecule has 2 heterocycles. The first-order valence-corrected chi connectivity index (χ1v) is 10.3. The second-order valence-electron chi connectivity index (χ2n) is 5.68. The lowest BCUT2D eigenvalue weighted by molar-refractivity contribution is 0.0766.